The first kappa shape index (κ1) is 8.27. The van der Waals surface area contributed by atoms with Crippen molar-refractivity contribution in [2.24, 2.45) is 0 Å². The molecule has 0 spiro atoms. The Hall–Kier alpha value is -0.830. The summed E-state index contributed by atoms with van der Waals surface area (Å²) in [5.41, 5.74) is 1.22. The predicted molar refractivity (Wildman–Crippen MR) is 45.9 cm³/mol. The molecule has 0 aliphatic rings. The first-order valence-electron chi connectivity index (χ1n) is 3.09. The second-order valence-corrected chi connectivity index (χ2v) is 3.13. The van der Waals surface area contributed by atoms with Crippen molar-refractivity contribution in [3.05, 3.63) is 27.7 Å². The van der Waals surface area contributed by atoms with Crippen LogP contribution in [-0.2, 0) is 0 Å². The van der Waals surface area contributed by atoms with E-state index in [4.69, 9.17) is 5.11 Å². The molecule has 0 atom stereocenters. The predicted octanol–water partition coefficient (Wildman–Crippen LogP) is 2.28. The summed E-state index contributed by atoms with van der Waals surface area (Å²) in [6, 6.07) is 3.14. The average molecular weight is 215 g/mol. The number of carbonyl (C=O) groups is 1. The van der Waals surface area contributed by atoms with Crippen LogP contribution >= 0.6 is 15.9 Å². The van der Waals surface area contributed by atoms with E-state index >= 15 is 0 Å². The van der Waals surface area contributed by atoms with E-state index in [2.05, 4.69) is 15.9 Å². The number of halogens is 1. The summed E-state index contributed by atoms with van der Waals surface area (Å²) in [5, 5.41) is 9.16. The van der Waals surface area contributed by atoms with Crippen LogP contribution in [0.4, 0.5) is 0 Å². The number of aryl methyl sites for hydroxylation is 1. The van der Waals surface area contributed by atoms with Gasteiger partial charge in [-0.25, -0.2) is 0 Å². The molecule has 1 aromatic rings. The Labute approximate surface area is 73.0 Å². The van der Waals surface area contributed by atoms with Crippen LogP contribution in [0.1, 0.15) is 15.9 Å². The number of carbonyl (C=O) groups excluding carboxylic acids is 1. The molecule has 0 saturated heterocycles. The largest absolute Gasteiger partial charge is 0.507 e. The third-order valence-electron chi connectivity index (χ3n) is 1.43. The van der Waals surface area contributed by atoms with Crippen molar-refractivity contribution in [3.63, 3.8) is 0 Å². The number of phenolic OH excluding ortho intramolecular Hbond substituents is 1. The fourth-order valence-corrected chi connectivity index (χ4v) is 1.14. The van der Waals surface area contributed by atoms with E-state index in [1.807, 2.05) is 6.92 Å². The molecule has 0 aromatic heterocycles. The second-order valence-electron chi connectivity index (χ2n) is 2.28. The molecule has 0 aliphatic heterocycles. The molecule has 11 heavy (non-hydrogen) atoms. The molecule has 58 valence electrons. The fourth-order valence-electron chi connectivity index (χ4n) is 0.776. The molecular weight excluding hydrogens is 208 g/mol. The molecule has 2 nitrogen and oxygen atoms in total. The lowest BCUT2D eigenvalue weighted by Crippen LogP contribution is -1.83. The van der Waals surface area contributed by atoms with Crippen LogP contribution in [0.15, 0.2) is 16.6 Å². The highest BCUT2D eigenvalue weighted by atomic mass is 79.9. The van der Waals surface area contributed by atoms with Crippen LogP contribution in [0.5, 0.6) is 5.75 Å². The van der Waals surface area contributed by atoms with Crippen LogP contribution in [0, 0.1) is 6.92 Å². The number of aldehydes is 1. The van der Waals surface area contributed by atoms with E-state index in [0.717, 1.165) is 10.0 Å². The Morgan fingerprint density at radius 3 is 2.73 bits per heavy atom. The third kappa shape index (κ3) is 1.60. The number of benzene rings is 1. The Morgan fingerprint density at radius 1 is 1.55 bits per heavy atom. The van der Waals surface area contributed by atoms with Gasteiger partial charge in [0.15, 0.2) is 6.29 Å². The molecule has 0 amide bonds. The zero-order valence-electron chi connectivity index (χ0n) is 5.97. The van der Waals surface area contributed by atoms with Crippen molar-refractivity contribution in [2.75, 3.05) is 0 Å². The van der Waals surface area contributed by atoms with Crippen molar-refractivity contribution >= 4 is 22.2 Å². The molecule has 1 N–H and O–H groups in total. The lowest BCUT2D eigenvalue weighted by atomic mass is 10.1. The zero-order chi connectivity index (χ0) is 8.43. The minimum Gasteiger partial charge on any atom is -0.507 e. The van der Waals surface area contributed by atoms with Gasteiger partial charge in [-0.05, 0) is 24.6 Å². The molecule has 0 fully saturated rings. The quantitative estimate of drug-likeness (QED) is 0.729. The molecule has 0 radical (unpaired) electrons. The van der Waals surface area contributed by atoms with E-state index in [1.54, 1.807) is 12.1 Å². The number of rotatable bonds is 1. The number of hydrogen-bond acceptors (Lipinski definition) is 2. The van der Waals surface area contributed by atoms with Gasteiger partial charge in [-0.2, -0.15) is 0 Å². The smallest absolute Gasteiger partial charge is 0.153 e. The molecule has 0 saturated carbocycles. The molecular formula is C8H7BrO2. The van der Waals surface area contributed by atoms with Crippen molar-refractivity contribution in [3.8, 4) is 5.75 Å². The van der Waals surface area contributed by atoms with Gasteiger partial charge in [0, 0.05) is 4.47 Å². The Morgan fingerprint density at radius 2 is 2.18 bits per heavy atom. The summed E-state index contributed by atoms with van der Waals surface area (Å²) in [7, 11) is 0. The minimum absolute atomic E-state index is 0.0284. The maximum Gasteiger partial charge on any atom is 0.153 e. The first-order chi connectivity index (χ1) is 5.15. The molecule has 3 heteroatoms. The molecule has 1 aromatic carbocycles. The summed E-state index contributed by atoms with van der Waals surface area (Å²) in [6.07, 6.45) is 0.625. The normalized spacial score (nSPS) is 9.64. The van der Waals surface area contributed by atoms with E-state index < -0.39 is 0 Å². The van der Waals surface area contributed by atoms with Crippen LogP contribution in [0.25, 0.3) is 0 Å². The van der Waals surface area contributed by atoms with Gasteiger partial charge in [0.05, 0.1) is 5.56 Å². The summed E-state index contributed by atoms with van der Waals surface area (Å²) in [4.78, 5) is 10.3. The van der Waals surface area contributed by atoms with Gasteiger partial charge in [-0.15, -0.1) is 0 Å². The van der Waals surface area contributed by atoms with E-state index in [0.29, 0.717) is 11.8 Å². The van der Waals surface area contributed by atoms with Gasteiger partial charge in [0.25, 0.3) is 0 Å². The van der Waals surface area contributed by atoms with Gasteiger partial charge in [0.1, 0.15) is 5.75 Å². The topological polar surface area (TPSA) is 37.3 Å². The van der Waals surface area contributed by atoms with E-state index in [1.165, 1.54) is 0 Å². The SMILES string of the molecule is Cc1cc(O)c(C=O)cc1Br. The third-order valence-corrected chi connectivity index (χ3v) is 2.29. The summed E-state index contributed by atoms with van der Waals surface area (Å²) < 4.78 is 0.831. The maximum atomic E-state index is 10.3. The highest BCUT2D eigenvalue weighted by Crippen LogP contribution is 2.24. The average Bonchev–Trinajstić information content (AvgIpc) is 1.97. The van der Waals surface area contributed by atoms with Crippen LogP contribution in [0.2, 0.25) is 0 Å². The van der Waals surface area contributed by atoms with Crippen molar-refractivity contribution in [1.82, 2.24) is 0 Å². The fraction of sp³-hybridized carbons (Fsp3) is 0.125. The molecule has 1 rings (SSSR count). The monoisotopic (exact) mass is 214 g/mol. The standard InChI is InChI=1S/C8H7BrO2/c1-5-2-8(11)6(4-10)3-7(5)9/h2-4,11H,1H3. The van der Waals surface area contributed by atoms with Gasteiger partial charge >= 0.3 is 0 Å². The highest BCUT2D eigenvalue weighted by Gasteiger charge is 2.02. The first-order valence-corrected chi connectivity index (χ1v) is 3.88. The Kier molecular flexibility index (Phi) is 2.29. The minimum atomic E-state index is 0.0284. The van der Waals surface area contributed by atoms with Gasteiger partial charge in [-0.3, -0.25) is 4.79 Å². The Balaban J connectivity index is 3.31. The second kappa shape index (κ2) is 3.05. The van der Waals surface area contributed by atoms with Crippen molar-refractivity contribution in [2.45, 2.75) is 6.92 Å². The van der Waals surface area contributed by atoms with Gasteiger partial charge in [-0.1, -0.05) is 15.9 Å². The molecule has 0 heterocycles. The lowest BCUT2D eigenvalue weighted by molar-refractivity contribution is 0.112. The van der Waals surface area contributed by atoms with E-state index in [-0.39, 0.29) is 5.75 Å². The summed E-state index contributed by atoms with van der Waals surface area (Å²) >= 11 is 3.25. The number of hydrogen-bond donors (Lipinski definition) is 1. The zero-order valence-corrected chi connectivity index (χ0v) is 7.55. The van der Waals surface area contributed by atoms with E-state index in [9.17, 15) is 4.79 Å². The molecule has 0 bridgehead atoms. The van der Waals surface area contributed by atoms with Gasteiger partial charge in [0.2, 0.25) is 0 Å². The highest BCUT2D eigenvalue weighted by molar-refractivity contribution is 9.10. The van der Waals surface area contributed by atoms with Crippen molar-refractivity contribution in [1.29, 1.82) is 0 Å². The summed E-state index contributed by atoms with van der Waals surface area (Å²) in [5.74, 6) is 0.0284. The molecule has 0 aliphatic carbocycles. The van der Waals surface area contributed by atoms with Gasteiger partial charge < -0.3 is 5.11 Å². The Bertz CT molecular complexity index is 294. The number of aromatic hydroxyl groups is 1. The summed E-state index contributed by atoms with van der Waals surface area (Å²) in [6.45, 7) is 1.85. The lowest BCUT2D eigenvalue weighted by Gasteiger charge is -2.00. The van der Waals surface area contributed by atoms with Crippen molar-refractivity contribution < 1.29 is 9.90 Å². The molecule has 0 unspecified atom stereocenters. The van der Waals surface area contributed by atoms with Crippen LogP contribution < -0.4 is 0 Å². The van der Waals surface area contributed by atoms with Crippen LogP contribution in [0.3, 0.4) is 0 Å². The maximum absolute atomic E-state index is 10.3. The number of phenols is 1. The van der Waals surface area contributed by atoms with Crippen LogP contribution in [-0.4, -0.2) is 11.4 Å².